The maximum Gasteiger partial charge on any atom is 0.325 e. The monoisotopic (exact) mass is 444 g/mol. The summed E-state index contributed by atoms with van der Waals surface area (Å²) >= 11 is 0.401. The summed E-state index contributed by atoms with van der Waals surface area (Å²) in [5.74, 6) is -3.57. The molecule has 0 radical (unpaired) electrons. The summed E-state index contributed by atoms with van der Waals surface area (Å²) in [5, 5.41) is 6.15. The topological polar surface area (TPSA) is 94.3 Å². The maximum absolute atomic E-state index is 12.7. The van der Waals surface area contributed by atoms with Gasteiger partial charge in [-0.2, -0.15) is 8.78 Å². The average Bonchev–Trinajstić information content (AvgIpc) is 3.25. The number of alkyl halides is 2. The van der Waals surface area contributed by atoms with E-state index in [-0.39, 0.29) is 0 Å². The fraction of sp³-hybridized carbons (Fsp3) is 0.190. The molecule has 10 heteroatoms. The van der Waals surface area contributed by atoms with Crippen molar-refractivity contribution in [2.75, 3.05) is 11.9 Å². The lowest BCUT2D eigenvalue weighted by Crippen LogP contribution is -2.38. The zero-order chi connectivity index (χ0) is 22.0. The Balaban J connectivity index is 1.37. The highest BCUT2D eigenvalue weighted by Gasteiger charge is 2.39. The molecule has 4 rings (SSSR count). The number of carbonyl (C=O) groups is 3. The van der Waals surface area contributed by atoms with Gasteiger partial charge in [0.15, 0.2) is 0 Å². The van der Waals surface area contributed by atoms with Gasteiger partial charge in [-0.05, 0) is 35.9 Å². The van der Waals surface area contributed by atoms with Crippen LogP contribution < -0.4 is 10.6 Å². The molecular formula is C21H18F2N4O3S. The number of para-hydroxylation sites is 1. The van der Waals surface area contributed by atoms with Crippen LogP contribution in [0.2, 0.25) is 0 Å². The summed E-state index contributed by atoms with van der Waals surface area (Å²) < 4.78 is 24.8. The zero-order valence-electron chi connectivity index (χ0n) is 16.1. The standard InChI is InChI=1S/C21H18F2N4O3S/c22-20(23)31-14-7-5-13(6-8-14)25-18(28)11-27-19(29)17(26-21(27)30)9-12-10-24-16-4-2-1-3-15(12)16/h1-8,10,17,20,24H,9,11H2,(H,25,28)(H,26,30)/t17-/m0/s1. The third-order valence-electron chi connectivity index (χ3n) is 4.87. The summed E-state index contributed by atoms with van der Waals surface area (Å²) in [7, 11) is 0. The van der Waals surface area contributed by atoms with Gasteiger partial charge in [0.05, 0.1) is 0 Å². The molecule has 0 spiro atoms. The number of carbonyl (C=O) groups excluding carboxylic acids is 3. The molecule has 31 heavy (non-hydrogen) atoms. The molecule has 0 saturated carbocycles. The lowest BCUT2D eigenvalue weighted by atomic mass is 10.1. The van der Waals surface area contributed by atoms with E-state index in [1.165, 1.54) is 24.3 Å². The fourth-order valence-corrected chi connectivity index (χ4v) is 3.95. The van der Waals surface area contributed by atoms with Gasteiger partial charge in [0.25, 0.3) is 11.7 Å². The molecule has 7 nitrogen and oxygen atoms in total. The first kappa shape index (κ1) is 20.9. The normalized spacial score (nSPS) is 16.2. The first-order valence-corrected chi connectivity index (χ1v) is 10.3. The first-order chi connectivity index (χ1) is 14.9. The second-order valence-corrected chi connectivity index (χ2v) is 8.00. The van der Waals surface area contributed by atoms with Crippen LogP contribution in [0.1, 0.15) is 5.56 Å². The van der Waals surface area contributed by atoms with Gasteiger partial charge in [0.1, 0.15) is 12.6 Å². The number of aromatic nitrogens is 1. The maximum atomic E-state index is 12.7. The van der Waals surface area contributed by atoms with Crippen molar-refractivity contribution in [2.24, 2.45) is 0 Å². The highest BCUT2D eigenvalue weighted by molar-refractivity contribution is 7.99. The van der Waals surface area contributed by atoms with E-state index < -0.39 is 36.2 Å². The molecule has 1 aliphatic heterocycles. The van der Waals surface area contributed by atoms with E-state index >= 15 is 0 Å². The van der Waals surface area contributed by atoms with Crippen LogP contribution in [0.5, 0.6) is 0 Å². The summed E-state index contributed by atoms with van der Waals surface area (Å²) in [4.78, 5) is 41.6. The van der Waals surface area contributed by atoms with Crippen molar-refractivity contribution in [1.82, 2.24) is 15.2 Å². The van der Waals surface area contributed by atoms with E-state index in [4.69, 9.17) is 0 Å². The van der Waals surface area contributed by atoms with Crippen molar-refractivity contribution in [3.8, 4) is 0 Å². The Morgan fingerprint density at radius 3 is 2.61 bits per heavy atom. The van der Waals surface area contributed by atoms with Gasteiger partial charge in [-0.15, -0.1) is 0 Å². The van der Waals surface area contributed by atoms with Crippen LogP contribution in [-0.2, 0) is 16.0 Å². The number of rotatable bonds is 7. The fourth-order valence-electron chi connectivity index (χ4n) is 3.45. The van der Waals surface area contributed by atoms with E-state index in [0.29, 0.717) is 28.8 Å². The second kappa shape index (κ2) is 8.76. The molecule has 1 aliphatic rings. The van der Waals surface area contributed by atoms with E-state index in [1.54, 1.807) is 6.20 Å². The molecule has 3 aromatic rings. The predicted octanol–water partition coefficient (Wildman–Crippen LogP) is 3.58. The van der Waals surface area contributed by atoms with Crippen molar-refractivity contribution < 1.29 is 23.2 Å². The van der Waals surface area contributed by atoms with Crippen LogP contribution in [0.15, 0.2) is 59.6 Å². The van der Waals surface area contributed by atoms with Crippen LogP contribution in [0.3, 0.4) is 0 Å². The highest BCUT2D eigenvalue weighted by Crippen LogP contribution is 2.26. The second-order valence-electron chi connectivity index (χ2n) is 6.94. The SMILES string of the molecule is O=C(CN1C(=O)N[C@@H](Cc2c[nH]c3ccccc23)C1=O)Nc1ccc(SC(F)F)cc1. The molecule has 0 unspecified atom stereocenters. The Kier molecular flexibility index (Phi) is 5.90. The molecule has 2 heterocycles. The molecular weight excluding hydrogens is 426 g/mol. The molecule has 1 aromatic heterocycles. The van der Waals surface area contributed by atoms with E-state index in [0.717, 1.165) is 21.4 Å². The molecule has 4 amide bonds. The molecule has 1 fully saturated rings. The number of H-pyrrole nitrogens is 1. The Morgan fingerprint density at radius 2 is 1.87 bits per heavy atom. The van der Waals surface area contributed by atoms with Crippen LogP contribution in [-0.4, -0.2) is 46.1 Å². The van der Waals surface area contributed by atoms with Gasteiger partial charge in [-0.25, -0.2) is 4.79 Å². The number of thioether (sulfide) groups is 1. The van der Waals surface area contributed by atoms with Crippen LogP contribution in [0, 0.1) is 0 Å². The van der Waals surface area contributed by atoms with Crippen molar-refractivity contribution in [3.63, 3.8) is 0 Å². The number of aromatic amines is 1. The van der Waals surface area contributed by atoms with E-state index in [9.17, 15) is 23.2 Å². The van der Waals surface area contributed by atoms with Gasteiger partial charge in [0, 0.05) is 34.1 Å². The average molecular weight is 444 g/mol. The predicted molar refractivity (Wildman–Crippen MR) is 113 cm³/mol. The number of hydrogen-bond donors (Lipinski definition) is 3. The number of hydrogen-bond acceptors (Lipinski definition) is 4. The first-order valence-electron chi connectivity index (χ1n) is 9.42. The van der Waals surface area contributed by atoms with Crippen molar-refractivity contribution in [3.05, 3.63) is 60.3 Å². The third kappa shape index (κ3) is 4.69. The number of halogens is 2. The summed E-state index contributed by atoms with van der Waals surface area (Å²) in [6, 6.07) is 12.1. The molecule has 1 atom stereocenters. The Labute approximate surface area is 180 Å². The number of imide groups is 1. The van der Waals surface area contributed by atoms with Crippen LogP contribution >= 0.6 is 11.8 Å². The number of urea groups is 1. The van der Waals surface area contributed by atoms with Crippen molar-refractivity contribution in [2.45, 2.75) is 23.1 Å². The molecule has 1 saturated heterocycles. The summed E-state index contributed by atoms with van der Waals surface area (Å²) in [5.41, 5.74) is 2.21. The number of nitrogens with zero attached hydrogens (tertiary/aromatic N) is 1. The van der Waals surface area contributed by atoms with E-state index in [1.807, 2.05) is 24.3 Å². The van der Waals surface area contributed by atoms with Gasteiger partial charge in [0.2, 0.25) is 5.91 Å². The zero-order valence-corrected chi connectivity index (χ0v) is 16.9. The summed E-state index contributed by atoms with van der Waals surface area (Å²) in [6.45, 7) is -0.442. The number of anilines is 1. The molecule has 0 aliphatic carbocycles. The minimum Gasteiger partial charge on any atom is -0.361 e. The Hall–Kier alpha value is -3.40. The summed E-state index contributed by atoms with van der Waals surface area (Å²) in [6.07, 6.45) is 2.10. The van der Waals surface area contributed by atoms with Gasteiger partial charge < -0.3 is 15.6 Å². The quantitative estimate of drug-likeness (QED) is 0.384. The Bertz CT molecular complexity index is 1130. The smallest absolute Gasteiger partial charge is 0.325 e. The number of amides is 4. The molecule has 160 valence electrons. The minimum atomic E-state index is -2.53. The van der Waals surface area contributed by atoms with Gasteiger partial charge in [-0.3, -0.25) is 14.5 Å². The molecule has 2 aromatic carbocycles. The van der Waals surface area contributed by atoms with Gasteiger partial charge in [-0.1, -0.05) is 30.0 Å². The minimum absolute atomic E-state index is 0.302. The number of fused-ring (bicyclic) bond motifs is 1. The largest absolute Gasteiger partial charge is 0.361 e. The Morgan fingerprint density at radius 1 is 1.13 bits per heavy atom. The number of nitrogens with one attached hydrogen (secondary N) is 3. The van der Waals surface area contributed by atoms with E-state index in [2.05, 4.69) is 15.6 Å². The lowest BCUT2D eigenvalue weighted by Gasteiger charge is -2.13. The molecule has 3 N–H and O–H groups in total. The highest BCUT2D eigenvalue weighted by atomic mass is 32.2. The third-order valence-corrected chi connectivity index (χ3v) is 5.59. The lowest BCUT2D eigenvalue weighted by molar-refractivity contribution is -0.130. The van der Waals surface area contributed by atoms with Crippen LogP contribution in [0.25, 0.3) is 10.9 Å². The molecule has 0 bridgehead atoms. The van der Waals surface area contributed by atoms with Crippen LogP contribution in [0.4, 0.5) is 19.3 Å². The van der Waals surface area contributed by atoms with Gasteiger partial charge >= 0.3 is 6.03 Å². The van der Waals surface area contributed by atoms with Crippen molar-refractivity contribution >= 4 is 46.2 Å². The number of benzene rings is 2. The van der Waals surface area contributed by atoms with Crippen molar-refractivity contribution in [1.29, 1.82) is 0 Å².